The van der Waals surface area contributed by atoms with Crippen LogP contribution >= 0.6 is 0 Å². The summed E-state index contributed by atoms with van der Waals surface area (Å²) in [5, 5.41) is 0. The number of hydrogen-bond donors (Lipinski definition) is 0. The van der Waals surface area contributed by atoms with E-state index >= 15 is 0 Å². The summed E-state index contributed by atoms with van der Waals surface area (Å²) >= 11 is 0. The van der Waals surface area contributed by atoms with E-state index in [4.69, 9.17) is 9.47 Å². The fraction of sp³-hybridized carbons (Fsp3) is 0.278. The molecule has 1 atom stereocenters. The zero-order valence-corrected chi connectivity index (χ0v) is 13.8. The van der Waals surface area contributed by atoms with Gasteiger partial charge in [-0.15, -0.1) is 0 Å². The molecule has 5 heteroatoms. The summed E-state index contributed by atoms with van der Waals surface area (Å²) in [6.45, 7) is 2.91. The quantitative estimate of drug-likeness (QED) is 0.444. The van der Waals surface area contributed by atoms with Gasteiger partial charge < -0.3 is 9.47 Å². The van der Waals surface area contributed by atoms with Gasteiger partial charge in [0, 0.05) is 11.5 Å². The van der Waals surface area contributed by atoms with Crippen LogP contribution in [0.15, 0.2) is 59.5 Å². The number of rotatable bonds is 7. The summed E-state index contributed by atoms with van der Waals surface area (Å²) in [5.74, 6) is 0. The summed E-state index contributed by atoms with van der Waals surface area (Å²) in [7, 11) is -3.48. The van der Waals surface area contributed by atoms with Crippen LogP contribution in [0, 0.1) is 12.4 Å². The number of aryl methyl sites for hydroxylation is 1. The van der Waals surface area contributed by atoms with Crippen LogP contribution < -0.4 is 0 Å². The van der Waals surface area contributed by atoms with Crippen LogP contribution in [0.25, 0.3) is 0 Å². The van der Waals surface area contributed by atoms with E-state index < -0.39 is 9.84 Å². The van der Waals surface area contributed by atoms with Crippen LogP contribution in [0.3, 0.4) is 0 Å². The summed E-state index contributed by atoms with van der Waals surface area (Å²) < 4.78 is 35.6. The topological polar surface area (TPSA) is 55.9 Å². The van der Waals surface area contributed by atoms with Crippen molar-refractivity contribution >= 4 is 9.84 Å². The molecule has 1 aliphatic heterocycles. The molecule has 1 heterocycles. The van der Waals surface area contributed by atoms with E-state index in [1.54, 1.807) is 24.3 Å². The van der Waals surface area contributed by atoms with Gasteiger partial charge in [0.2, 0.25) is 0 Å². The highest BCUT2D eigenvalue weighted by molar-refractivity contribution is 7.94. The molecular weight excluding hydrogens is 312 g/mol. The van der Waals surface area contributed by atoms with Crippen molar-refractivity contribution in [1.82, 2.24) is 0 Å². The third-order valence-corrected chi connectivity index (χ3v) is 5.48. The van der Waals surface area contributed by atoms with Gasteiger partial charge in [-0.25, -0.2) is 0 Å². The Balaban J connectivity index is 1.47. The minimum absolute atomic E-state index is 0.157. The SMILES string of the molecule is Cc1ccc(S(=O)(=O)[C-]2OC2CCOCc2ccccc2)cc1. The van der Waals surface area contributed by atoms with Gasteiger partial charge in [-0.1, -0.05) is 59.6 Å². The Labute approximate surface area is 137 Å². The molecule has 1 aliphatic rings. The Morgan fingerprint density at radius 1 is 1.09 bits per heavy atom. The molecule has 1 fully saturated rings. The van der Waals surface area contributed by atoms with Crippen molar-refractivity contribution in [3.05, 3.63) is 71.2 Å². The van der Waals surface area contributed by atoms with E-state index in [-0.39, 0.29) is 16.4 Å². The van der Waals surface area contributed by atoms with E-state index in [2.05, 4.69) is 0 Å². The molecule has 1 unspecified atom stereocenters. The van der Waals surface area contributed by atoms with Crippen molar-refractivity contribution in [3.8, 4) is 0 Å². The van der Waals surface area contributed by atoms with E-state index in [0.717, 1.165) is 11.1 Å². The Bertz CT molecular complexity index is 738. The van der Waals surface area contributed by atoms with Gasteiger partial charge in [0.05, 0.1) is 16.4 Å². The molecule has 122 valence electrons. The molecule has 2 aromatic carbocycles. The number of ether oxygens (including phenoxy) is 2. The monoisotopic (exact) mass is 331 g/mol. The molecule has 0 amide bonds. The van der Waals surface area contributed by atoms with Crippen LogP contribution in [0.2, 0.25) is 0 Å². The fourth-order valence-electron chi connectivity index (χ4n) is 2.31. The first-order valence-electron chi connectivity index (χ1n) is 7.54. The van der Waals surface area contributed by atoms with E-state index in [1.165, 1.54) is 0 Å². The minimum atomic E-state index is -3.48. The average Bonchev–Trinajstić information content (AvgIpc) is 3.33. The van der Waals surface area contributed by atoms with Crippen molar-refractivity contribution in [1.29, 1.82) is 0 Å². The molecule has 0 saturated carbocycles. The maximum Gasteiger partial charge on any atom is 0.0795 e. The first-order chi connectivity index (χ1) is 11.1. The lowest BCUT2D eigenvalue weighted by Crippen LogP contribution is -2.07. The average molecular weight is 331 g/mol. The number of hydrogen-bond acceptors (Lipinski definition) is 4. The van der Waals surface area contributed by atoms with Crippen LogP contribution in [0.5, 0.6) is 0 Å². The summed E-state index contributed by atoms with van der Waals surface area (Å²) in [4.78, 5) is 0.283. The molecular formula is C18H19O4S-. The first kappa shape index (κ1) is 16.2. The Morgan fingerprint density at radius 2 is 1.78 bits per heavy atom. The van der Waals surface area contributed by atoms with Crippen molar-refractivity contribution < 1.29 is 17.9 Å². The number of benzene rings is 2. The zero-order valence-electron chi connectivity index (χ0n) is 12.9. The summed E-state index contributed by atoms with van der Waals surface area (Å²) in [5.41, 5.74) is 2.28. The summed E-state index contributed by atoms with van der Waals surface area (Å²) in [6, 6.07) is 16.7. The van der Waals surface area contributed by atoms with Crippen molar-refractivity contribution in [2.75, 3.05) is 6.61 Å². The van der Waals surface area contributed by atoms with Gasteiger partial charge in [-0.05, 0) is 31.0 Å². The lowest BCUT2D eigenvalue weighted by Gasteiger charge is -2.10. The largest absolute Gasteiger partial charge is 0.550 e. The maximum atomic E-state index is 12.4. The molecule has 0 radical (unpaired) electrons. The van der Waals surface area contributed by atoms with E-state index in [9.17, 15) is 8.42 Å². The number of epoxide rings is 1. The second-order valence-corrected chi connectivity index (χ2v) is 7.45. The summed E-state index contributed by atoms with van der Waals surface area (Å²) in [6.07, 6.45) is 0.199. The molecule has 0 spiro atoms. The third kappa shape index (κ3) is 3.99. The van der Waals surface area contributed by atoms with Crippen molar-refractivity contribution in [2.24, 2.45) is 0 Å². The van der Waals surface area contributed by atoms with Gasteiger partial charge in [-0.3, -0.25) is 8.42 Å². The predicted molar refractivity (Wildman–Crippen MR) is 87.2 cm³/mol. The number of sulfone groups is 1. The lowest BCUT2D eigenvalue weighted by atomic mass is 10.2. The molecule has 4 nitrogen and oxygen atoms in total. The first-order valence-corrected chi connectivity index (χ1v) is 9.02. The molecule has 0 N–H and O–H groups in total. The maximum absolute atomic E-state index is 12.4. The molecule has 1 saturated heterocycles. The van der Waals surface area contributed by atoms with Gasteiger partial charge in [0.1, 0.15) is 0 Å². The molecule has 23 heavy (non-hydrogen) atoms. The zero-order chi connectivity index (χ0) is 16.3. The molecule has 0 aromatic heterocycles. The Morgan fingerprint density at radius 3 is 2.48 bits per heavy atom. The second-order valence-electron chi connectivity index (χ2n) is 5.57. The van der Waals surface area contributed by atoms with Crippen LogP contribution in [-0.2, 0) is 25.9 Å². The van der Waals surface area contributed by atoms with Gasteiger partial charge in [0.15, 0.2) is 0 Å². The normalized spacial score (nSPS) is 18.0. The third-order valence-electron chi connectivity index (χ3n) is 3.70. The van der Waals surface area contributed by atoms with E-state index in [1.807, 2.05) is 37.3 Å². The van der Waals surface area contributed by atoms with Gasteiger partial charge in [0.25, 0.3) is 0 Å². The molecule has 3 rings (SSSR count). The smallest absolute Gasteiger partial charge is 0.0795 e. The van der Waals surface area contributed by atoms with Crippen LogP contribution in [0.4, 0.5) is 0 Å². The van der Waals surface area contributed by atoms with Crippen LogP contribution in [-0.4, -0.2) is 21.1 Å². The predicted octanol–water partition coefficient (Wildman–Crippen LogP) is 3.26. The fourth-order valence-corrected chi connectivity index (χ4v) is 3.74. The van der Waals surface area contributed by atoms with Gasteiger partial charge in [-0.2, -0.15) is 0 Å². The highest BCUT2D eigenvalue weighted by Crippen LogP contribution is 2.42. The highest BCUT2D eigenvalue weighted by atomic mass is 32.2. The highest BCUT2D eigenvalue weighted by Gasteiger charge is 2.33. The van der Waals surface area contributed by atoms with Gasteiger partial charge >= 0.3 is 0 Å². The Hall–Kier alpha value is -1.69. The molecule has 2 aromatic rings. The van der Waals surface area contributed by atoms with Crippen molar-refractivity contribution in [3.63, 3.8) is 0 Å². The molecule has 0 bridgehead atoms. The van der Waals surface area contributed by atoms with Crippen LogP contribution in [0.1, 0.15) is 17.5 Å². The lowest BCUT2D eigenvalue weighted by molar-refractivity contribution is 0.113. The van der Waals surface area contributed by atoms with Crippen molar-refractivity contribution in [2.45, 2.75) is 31.0 Å². The van der Waals surface area contributed by atoms with E-state index in [0.29, 0.717) is 19.6 Å². The standard InChI is InChI=1S/C18H19O4S/c1-14-7-9-16(10-8-14)23(19,20)18-17(22-18)11-12-21-13-15-5-3-2-4-6-15/h2-10,17H,11-13H2,1H3/q-1. The molecule has 0 aliphatic carbocycles. The second kappa shape index (κ2) is 6.83. The Kier molecular flexibility index (Phi) is 4.80. The minimum Gasteiger partial charge on any atom is -0.550 e.